The van der Waals surface area contributed by atoms with Gasteiger partial charge in [0.15, 0.2) is 0 Å². The van der Waals surface area contributed by atoms with E-state index < -0.39 is 4.92 Å². The number of aromatic nitrogens is 2. The standard InChI is InChI=1S/C23H24N4O4/c28-23-19-15-18(27(29)30)8-9-20(19)24-22(26(23)17-5-2-1-3-6-17)21-7-4-12-25(21)16-10-13-31-14-11-16/h1-3,5-6,8-9,15-16,21H,4,7,10-14H2/t21-/m0/s1. The van der Waals surface area contributed by atoms with Gasteiger partial charge in [-0.15, -0.1) is 0 Å². The van der Waals surface area contributed by atoms with Crippen LogP contribution in [-0.4, -0.2) is 45.2 Å². The second-order valence-corrected chi connectivity index (χ2v) is 8.14. The molecule has 31 heavy (non-hydrogen) atoms. The van der Waals surface area contributed by atoms with Crippen molar-refractivity contribution >= 4 is 16.6 Å². The normalized spacial score (nSPS) is 20.3. The third-order valence-electron chi connectivity index (χ3n) is 6.36. The van der Waals surface area contributed by atoms with Crippen LogP contribution in [0.15, 0.2) is 53.3 Å². The smallest absolute Gasteiger partial charge is 0.270 e. The summed E-state index contributed by atoms with van der Waals surface area (Å²) in [7, 11) is 0. The second kappa shape index (κ2) is 8.20. The summed E-state index contributed by atoms with van der Waals surface area (Å²) < 4.78 is 7.20. The van der Waals surface area contributed by atoms with E-state index in [0.29, 0.717) is 17.4 Å². The third kappa shape index (κ3) is 3.62. The molecule has 0 N–H and O–H groups in total. The molecule has 2 fully saturated rings. The summed E-state index contributed by atoms with van der Waals surface area (Å²) in [5.74, 6) is 0.710. The Kier molecular flexibility index (Phi) is 5.25. The van der Waals surface area contributed by atoms with Gasteiger partial charge in [-0.25, -0.2) is 4.98 Å². The molecule has 3 aromatic rings. The fraction of sp³-hybridized carbons (Fsp3) is 0.391. The number of nitro benzene ring substituents is 1. The molecule has 0 aliphatic carbocycles. The van der Waals surface area contributed by atoms with Crippen LogP contribution in [0.2, 0.25) is 0 Å². The number of hydrogen-bond acceptors (Lipinski definition) is 6. The maximum Gasteiger partial charge on any atom is 0.270 e. The van der Waals surface area contributed by atoms with Gasteiger partial charge in [-0.1, -0.05) is 18.2 Å². The number of benzene rings is 2. The molecule has 8 nitrogen and oxygen atoms in total. The number of ether oxygens (including phenoxy) is 1. The highest BCUT2D eigenvalue weighted by Crippen LogP contribution is 2.36. The van der Waals surface area contributed by atoms with Crippen molar-refractivity contribution in [2.75, 3.05) is 19.8 Å². The van der Waals surface area contributed by atoms with Gasteiger partial charge in [-0.05, 0) is 50.4 Å². The molecule has 0 spiro atoms. The Morgan fingerprint density at radius 3 is 2.58 bits per heavy atom. The Morgan fingerprint density at radius 1 is 1.06 bits per heavy atom. The number of likely N-dealkylation sites (tertiary alicyclic amines) is 1. The maximum absolute atomic E-state index is 13.6. The van der Waals surface area contributed by atoms with Crippen molar-refractivity contribution in [3.05, 3.63) is 74.8 Å². The molecule has 2 aliphatic heterocycles. The first-order valence-corrected chi connectivity index (χ1v) is 10.7. The van der Waals surface area contributed by atoms with E-state index in [2.05, 4.69) is 4.90 Å². The number of non-ortho nitro benzene ring substituents is 1. The summed E-state index contributed by atoms with van der Waals surface area (Å²) in [6, 6.07) is 14.2. The maximum atomic E-state index is 13.6. The minimum absolute atomic E-state index is 0.0237. The lowest BCUT2D eigenvalue weighted by Crippen LogP contribution is -2.40. The molecule has 0 radical (unpaired) electrons. The fourth-order valence-electron chi connectivity index (χ4n) is 4.87. The van der Waals surface area contributed by atoms with Crippen molar-refractivity contribution in [1.29, 1.82) is 0 Å². The zero-order valence-corrected chi connectivity index (χ0v) is 17.1. The van der Waals surface area contributed by atoms with Crippen molar-refractivity contribution in [1.82, 2.24) is 14.5 Å². The van der Waals surface area contributed by atoms with Crippen LogP contribution in [-0.2, 0) is 4.74 Å². The van der Waals surface area contributed by atoms with E-state index in [1.807, 2.05) is 30.3 Å². The van der Waals surface area contributed by atoms with Crippen LogP contribution >= 0.6 is 0 Å². The van der Waals surface area contributed by atoms with E-state index in [1.54, 1.807) is 10.6 Å². The number of rotatable bonds is 4. The first kappa shape index (κ1) is 19.8. The minimum Gasteiger partial charge on any atom is -0.381 e. The molecular formula is C23H24N4O4. The van der Waals surface area contributed by atoms with Crippen molar-refractivity contribution in [2.24, 2.45) is 0 Å². The zero-order chi connectivity index (χ0) is 21.4. The van der Waals surface area contributed by atoms with Crippen LogP contribution in [0.3, 0.4) is 0 Å². The molecule has 0 bridgehead atoms. The van der Waals surface area contributed by atoms with Crippen LogP contribution in [0, 0.1) is 10.1 Å². The van der Waals surface area contributed by atoms with Crippen LogP contribution in [0.5, 0.6) is 0 Å². The largest absolute Gasteiger partial charge is 0.381 e. The highest BCUT2D eigenvalue weighted by molar-refractivity contribution is 5.80. The molecular weight excluding hydrogens is 396 g/mol. The topological polar surface area (TPSA) is 90.5 Å². The lowest BCUT2D eigenvalue weighted by Gasteiger charge is -2.35. The quantitative estimate of drug-likeness (QED) is 0.473. The molecule has 2 aromatic carbocycles. The molecule has 0 unspecified atom stereocenters. The van der Waals surface area contributed by atoms with Crippen LogP contribution in [0.25, 0.3) is 16.6 Å². The second-order valence-electron chi connectivity index (χ2n) is 8.14. The molecule has 8 heteroatoms. The number of fused-ring (bicyclic) bond motifs is 1. The molecule has 2 saturated heterocycles. The summed E-state index contributed by atoms with van der Waals surface area (Å²) >= 11 is 0. The predicted molar refractivity (Wildman–Crippen MR) is 117 cm³/mol. The van der Waals surface area contributed by atoms with Gasteiger partial charge in [0.1, 0.15) is 5.82 Å². The number of hydrogen-bond donors (Lipinski definition) is 0. The lowest BCUT2D eigenvalue weighted by atomic mass is 10.0. The first-order valence-electron chi connectivity index (χ1n) is 10.7. The molecule has 0 amide bonds. The number of nitro groups is 1. The Balaban J connectivity index is 1.70. The average molecular weight is 420 g/mol. The fourth-order valence-corrected chi connectivity index (χ4v) is 4.87. The van der Waals surface area contributed by atoms with E-state index in [1.165, 1.54) is 12.1 Å². The van der Waals surface area contributed by atoms with E-state index in [9.17, 15) is 14.9 Å². The summed E-state index contributed by atoms with van der Waals surface area (Å²) in [5.41, 5.74) is 0.844. The molecule has 1 aromatic heterocycles. The number of para-hydroxylation sites is 1. The Morgan fingerprint density at radius 2 is 1.84 bits per heavy atom. The van der Waals surface area contributed by atoms with Gasteiger partial charge < -0.3 is 4.74 Å². The predicted octanol–water partition coefficient (Wildman–Crippen LogP) is 3.61. The van der Waals surface area contributed by atoms with Gasteiger partial charge in [-0.3, -0.25) is 24.4 Å². The van der Waals surface area contributed by atoms with Crippen LogP contribution in [0.4, 0.5) is 5.69 Å². The van der Waals surface area contributed by atoms with E-state index in [4.69, 9.17) is 9.72 Å². The average Bonchev–Trinajstić information content (AvgIpc) is 3.30. The van der Waals surface area contributed by atoms with Gasteiger partial charge in [0, 0.05) is 31.4 Å². The minimum atomic E-state index is -0.483. The van der Waals surface area contributed by atoms with Crippen molar-refractivity contribution < 1.29 is 9.66 Å². The third-order valence-corrected chi connectivity index (χ3v) is 6.36. The molecule has 0 saturated carbocycles. The Hall–Kier alpha value is -3.10. The lowest BCUT2D eigenvalue weighted by molar-refractivity contribution is -0.384. The highest BCUT2D eigenvalue weighted by Gasteiger charge is 2.36. The SMILES string of the molecule is O=c1c2cc([N+](=O)[O-])ccc2nc([C@@H]2CCCN2C2CCOCC2)n1-c1ccccc1. The van der Waals surface area contributed by atoms with Gasteiger partial charge in [0.25, 0.3) is 11.2 Å². The van der Waals surface area contributed by atoms with Crippen LogP contribution in [0.1, 0.15) is 37.5 Å². The molecule has 2 aliphatic rings. The van der Waals surface area contributed by atoms with Crippen molar-refractivity contribution in [3.63, 3.8) is 0 Å². The van der Waals surface area contributed by atoms with E-state index >= 15 is 0 Å². The molecule has 1 atom stereocenters. The molecule has 3 heterocycles. The van der Waals surface area contributed by atoms with Gasteiger partial charge in [0.05, 0.1) is 27.6 Å². The van der Waals surface area contributed by atoms with E-state index in [0.717, 1.165) is 51.1 Å². The van der Waals surface area contributed by atoms with Crippen molar-refractivity contribution in [2.45, 2.75) is 37.8 Å². The monoisotopic (exact) mass is 420 g/mol. The van der Waals surface area contributed by atoms with E-state index in [-0.39, 0.29) is 22.7 Å². The summed E-state index contributed by atoms with van der Waals surface area (Å²) in [5, 5.41) is 11.5. The summed E-state index contributed by atoms with van der Waals surface area (Å²) in [6.45, 7) is 2.49. The summed E-state index contributed by atoms with van der Waals surface area (Å²) in [4.78, 5) is 31.8. The Bertz CT molecular complexity index is 1170. The Labute approximate surface area is 179 Å². The van der Waals surface area contributed by atoms with Gasteiger partial charge >= 0.3 is 0 Å². The highest BCUT2D eigenvalue weighted by atomic mass is 16.6. The summed E-state index contributed by atoms with van der Waals surface area (Å²) in [6.07, 6.45) is 3.93. The number of nitrogens with zero attached hydrogens (tertiary/aromatic N) is 4. The van der Waals surface area contributed by atoms with Gasteiger partial charge in [-0.2, -0.15) is 0 Å². The van der Waals surface area contributed by atoms with Crippen LogP contribution < -0.4 is 5.56 Å². The molecule has 160 valence electrons. The van der Waals surface area contributed by atoms with Crippen molar-refractivity contribution in [3.8, 4) is 5.69 Å². The van der Waals surface area contributed by atoms with Gasteiger partial charge in [0.2, 0.25) is 0 Å². The first-order chi connectivity index (χ1) is 15.1. The zero-order valence-electron chi connectivity index (χ0n) is 17.1. The molecule has 5 rings (SSSR count).